The number of rotatable bonds is 5. The minimum Gasteiger partial charge on any atom is -0.504 e. The van der Waals surface area contributed by atoms with Crippen LogP contribution in [0, 0.1) is 12.8 Å². The zero-order valence-electron chi connectivity index (χ0n) is 14.5. The molecule has 3 rings (SSSR count). The van der Waals surface area contributed by atoms with E-state index in [1.807, 2.05) is 12.1 Å². The molecule has 2 aromatic rings. The van der Waals surface area contributed by atoms with E-state index < -0.39 is 0 Å². The van der Waals surface area contributed by atoms with Gasteiger partial charge in [0, 0.05) is 25.2 Å². The van der Waals surface area contributed by atoms with Gasteiger partial charge >= 0.3 is 0 Å². The summed E-state index contributed by atoms with van der Waals surface area (Å²) in [5, 5.41) is 9.72. The standard InChI is InChI=1S/C19H22N3O3/c1-13-19(24)17(12-23)21-18(20-13)11-14-7-9-22(10-8-14)15-3-5-16(25-2)6-4-15/h3-6,14,24H,7-11H2,1-2H3. The molecular weight excluding hydrogens is 318 g/mol. The number of nitrogens with zero attached hydrogens (tertiary/aromatic N) is 3. The number of anilines is 1. The Morgan fingerprint density at radius 1 is 1.24 bits per heavy atom. The predicted molar refractivity (Wildman–Crippen MR) is 94.9 cm³/mol. The molecule has 0 saturated carbocycles. The van der Waals surface area contributed by atoms with Crippen molar-refractivity contribution in [3.8, 4) is 11.5 Å². The van der Waals surface area contributed by atoms with Crippen molar-refractivity contribution in [3.05, 3.63) is 41.5 Å². The predicted octanol–water partition coefficient (Wildman–Crippen LogP) is 2.42. The Balaban J connectivity index is 1.61. The van der Waals surface area contributed by atoms with Crippen molar-refractivity contribution >= 4 is 12.0 Å². The molecule has 6 nitrogen and oxygen atoms in total. The fourth-order valence-electron chi connectivity index (χ4n) is 3.23. The maximum atomic E-state index is 10.9. The van der Waals surface area contributed by atoms with Crippen LogP contribution in [0.5, 0.6) is 11.5 Å². The first-order valence-corrected chi connectivity index (χ1v) is 8.44. The number of hydrogen-bond acceptors (Lipinski definition) is 6. The van der Waals surface area contributed by atoms with Gasteiger partial charge in [-0.05, 0) is 49.9 Å². The SMILES string of the molecule is COc1ccc(N2CCC(Cc3nc(C)c(O)c([C]=O)n3)CC2)cc1. The van der Waals surface area contributed by atoms with Crippen LogP contribution in [0.3, 0.4) is 0 Å². The van der Waals surface area contributed by atoms with Crippen LogP contribution in [0.4, 0.5) is 5.69 Å². The molecule has 25 heavy (non-hydrogen) atoms. The summed E-state index contributed by atoms with van der Waals surface area (Å²) >= 11 is 0. The number of piperidine rings is 1. The summed E-state index contributed by atoms with van der Waals surface area (Å²) < 4.78 is 5.20. The first kappa shape index (κ1) is 17.2. The molecule has 2 heterocycles. The highest BCUT2D eigenvalue weighted by atomic mass is 16.5. The highest BCUT2D eigenvalue weighted by molar-refractivity contribution is 5.76. The van der Waals surface area contributed by atoms with Crippen molar-refractivity contribution in [2.45, 2.75) is 26.2 Å². The third kappa shape index (κ3) is 3.90. The van der Waals surface area contributed by atoms with Gasteiger partial charge < -0.3 is 14.7 Å². The van der Waals surface area contributed by atoms with Crippen molar-refractivity contribution in [2.75, 3.05) is 25.1 Å². The van der Waals surface area contributed by atoms with Crippen molar-refractivity contribution in [3.63, 3.8) is 0 Å². The van der Waals surface area contributed by atoms with Gasteiger partial charge in [0.1, 0.15) is 11.6 Å². The largest absolute Gasteiger partial charge is 0.504 e. The van der Waals surface area contributed by atoms with Crippen LogP contribution in [0.25, 0.3) is 0 Å². The summed E-state index contributed by atoms with van der Waals surface area (Å²) in [6, 6.07) is 8.12. The molecule has 1 fully saturated rings. The normalized spacial score (nSPS) is 15.2. The molecule has 1 aliphatic rings. The second-order valence-corrected chi connectivity index (χ2v) is 6.36. The van der Waals surface area contributed by atoms with Crippen molar-refractivity contribution < 1.29 is 14.6 Å². The molecule has 1 saturated heterocycles. The Bertz CT molecular complexity index is 738. The smallest absolute Gasteiger partial charge is 0.257 e. The topological polar surface area (TPSA) is 75.6 Å². The van der Waals surface area contributed by atoms with E-state index in [2.05, 4.69) is 27.0 Å². The van der Waals surface area contributed by atoms with Gasteiger partial charge in [-0.3, -0.25) is 4.79 Å². The van der Waals surface area contributed by atoms with Gasteiger partial charge in [0.2, 0.25) is 0 Å². The van der Waals surface area contributed by atoms with E-state index in [9.17, 15) is 9.90 Å². The lowest BCUT2D eigenvalue weighted by Crippen LogP contribution is -2.34. The highest BCUT2D eigenvalue weighted by Crippen LogP contribution is 2.27. The Morgan fingerprint density at radius 3 is 2.52 bits per heavy atom. The van der Waals surface area contributed by atoms with E-state index in [1.54, 1.807) is 20.3 Å². The van der Waals surface area contributed by atoms with Gasteiger partial charge in [-0.1, -0.05) is 0 Å². The lowest BCUT2D eigenvalue weighted by molar-refractivity contribution is 0.394. The van der Waals surface area contributed by atoms with E-state index in [-0.39, 0.29) is 11.4 Å². The Morgan fingerprint density at radius 2 is 1.92 bits per heavy atom. The first-order valence-electron chi connectivity index (χ1n) is 8.44. The van der Waals surface area contributed by atoms with Crippen LogP contribution >= 0.6 is 0 Å². The third-order valence-corrected chi connectivity index (χ3v) is 4.72. The van der Waals surface area contributed by atoms with Crippen LogP contribution in [0.2, 0.25) is 0 Å². The van der Waals surface area contributed by atoms with Crippen LogP contribution in [-0.4, -0.2) is 41.6 Å². The van der Waals surface area contributed by atoms with E-state index in [0.29, 0.717) is 23.9 Å². The summed E-state index contributed by atoms with van der Waals surface area (Å²) in [5.41, 5.74) is 1.59. The molecule has 1 aliphatic heterocycles. The van der Waals surface area contributed by atoms with E-state index in [1.165, 1.54) is 5.69 Å². The van der Waals surface area contributed by atoms with Crippen molar-refractivity contribution in [1.82, 2.24) is 9.97 Å². The molecule has 1 radical (unpaired) electrons. The maximum Gasteiger partial charge on any atom is 0.257 e. The molecule has 1 aromatic heterocycles. The lowest BCUT2D eigenvalue weighted by atomic mass is 9.93. The molecule has 131 valence electrons. The van der Waals surface area contributed by atoms with E-state index >= 15 is 0 Å². The number of benzene rings is 1. The molecule has 1 N–H and O–H groups in total. The molecule has 0 atom stereocenters. The number of ether oxygens (including phenoxy) is 1. The minimum absolute atomic E-state index is 0.0434. The molecule has 6 heteroatoms. The summed E-state index contributed by atoms with van der Waals surface area (Å²) in [7, 11) is 1.67. The van der Waals surface area contributed by atoms with Gasteiger partial charge in [-0.15, -0.1) is 0 Å². The van der Waals surface area contributed by atoms with E-state index in [4.69, 9.17) is 4.74 Å². The Labute approximate surface area is 147 Å². The maximum absolute atomic E-state index is 10.9. The average molecular weight is 340 g/mol. The fourth-order valence-corrected chi connectivity index (χ4v) is 3.23. The van der Waals surface area contributed by atoms with Crippen LogP contribution < -0.4 is 9.64 Å². The van der Waals surface area contributed by atoms with Crippen LogP contribution in [0.15, 0.2) is 24.3 Å². The van der Waals surface area contributed by atoms with Gasteiger partial charge in [0.15, 0.2) is 11.4 Å². The van der Waals surface area contributed by atoms with Crippen LogP contribution in [0.1, 0.15) is 30.1 Å². The molecular formula is C19H22N3O3. The Kier molecular flexibility index (Phi) is 5.16. The fraction of sp³-hybridized carbons (Fsp3) is 0.421. The molecule has 0 unspecified atom stereocenters. The molecule has 0 bridgehead atoms. The van der Waals surface area contributed by atoms with Crippen molar-refractivity contribution in [2.24, 2.45) is 5.92 Å². The van der Waals surface area contributed by atoms with Crippen LogP contribution in [-0.2, 0) is 11.2 Å². The first-order chi connectivity index (χ1) is 12.1. The number of carbonyl (C=O) groups excluding carboxylic acids is 1. The summed E-state index contributed by atoms with van der Waals surface area (Å²) in [4.78, 5) is 21.7. The summed E-state index contributed by atoms with van der Waals surface area (Å²) in [5.74, 6) is 1.77. The average Bonchev–Trinajstić information content (AvgIpc) is 2.65. The number of aryl methyl sites for hydroxylation is 1. The second-order valence-electron chi connectivity index (χ2n) is 6.36. The highest BCUT2D eigenvalue weighted by Gasteiger charge is 2.22. The molecule has 1 aromatic carbocycles. The molecule has 0 spiro atoms. The summed E-state index contributed by atoms with van der Waals surface area (Å²) in [6.45, 7) is 3.62. The van der Waals surface area contributed by atoms with Gasteiger partial charge in [-0.25, -0.2) is 9.97 Å². The molecule has 0 aliphatic carbocycles. The second kappa shape index (κ2) is 7.51. The Hall–Kier alpha value is -2.63. The zero-order chi connectivity index (χ0) is 17.8. The summed E-state index contributed by atoms with van der Waals surface area (Å²) in [6.07, 6.45) is 4.47. The zero-order valence-corrected chi connectivity index (χ0v) is 14.5. The molecule has 0 amide bonds. The van der Waals surface area contributed by atoms with Crippen molar-refractivity contribution in [1.29, 1.82) is 0 Å². The van der Waals surface area contributed by atoms with Gasteiger partial charge in [0.25, 0.3) is 6.29 Å². The number of aromatic hydroxyl groups is 1. The van der Waals surface area contributed by atoms with Gasteiger partial charge in [-0.2, -0.15) is 0 Å². The lowest BCUT2D eigenvalue weighted by Gasteiger charge is -2.33. The number of aromatic nitrogens is 2. The monoisotopic (exact) mass is 340 g/mol. The number of hydrogen-bond donors (Lipinski definition) is 1. The quantitative estimate of drug-likeness (QED) is 0.901. The van der Waals surface area contributed by atoms with Gasteiger partial charge in [0.05, 0.1) is 12.8 Å². The third-order valence-electron chi connectivity index (χ3n) is 4.72. The minimum atomic E-state index is -0.173. The number of methoxy groups -OCH3 is 1. The van der Waals surface area contributed by atoms with E-state index in [0.717, 1.165) is 31.7 Å².